The summed E-state index contributed by atoms with van der Waals surface area (Å²) >= 11 is 0. The van der Waals surface area contributed by atoms with Gasteiger partial charge in [0.25, 0.3) is 0 Å². The minimum atomic E-state index is -0.161. The van der Waals surface area contributed by atoms with Gasteiger partial charge in [-0.05, 0) is 42.9 Å². The maximum absolute atomic E-state index is 9.44. The SMILES string of the molecule is CCC(O)CCNCc1ccc(CC(C)C)cc1. The highest BCUT2D eigenvalue weighted by molar-refractivity contribution is 5.22. The summed E-state index contributed by atoms with van der Waals surface area (Å²) in [6, 6.07) is 8.83. The van der Waals surface area contributed by atoms with Crippen LogP contribution in [0.3, 0.4) is 0 Å². The predicted octanol–water partition coefficient (Wildman–Crippen LogP) is 3.14. The molecule has 2 nitrogen and oxygen atoms in total. The minimum absolute atomic E-state index is 0.161. The van der Waals surface area contributed by atoms with Crippen molar-refractivity contribution in [2.24, 2.45) is 5.92 Å². The Hall–Kier alpha value is -0.860. The highest BCUT2D eigenvalue weighted by Gasteiger charge is 2.00. The molecule has 0 spiro atoms. The fraction of sp³-hybridized carbons (Fsp3) is 0.625. The second-order valence-electron chi connectivity index (χ2n) is 5.44. The van der Waals surface area contributed by atoms with E-state index in [0.29, 0.717) is 5.92 Å². The Bertz CT molecular complexity index is 318. The molecule has 0 saturated carbocycles. The molecule has 1 aromatic carbocycles. The van der Waals surface area contributed by atoms with Crippen LogP contribution in [0.1, 0.15) is 44.7 Å². The Morgan fingerprint density at radius 3 is 2.28 bits per heavy atom. The largest absolute Gasteiger partial charge is 0.393 e. The quantitative estimate of drug-likeness (QED) is 0.694. The van der Waals surface area contributed by atoms with Crippen molar-refractivity contribution < 1.29 is 5.11 Å². The second kappa shape index (κ2) is 8.28. The molecular formula is C16H27NO. The zero-order valence-electron chi connectivity index (χ0n) is 11.9. The summed E-state index contributed by atoms with van der Waals surface area (Å²) in [6.07, 6.45) is 2.66. The van der Waals surface area contributed by atoms with E-state index in [1.807, 2.05) is 6.92 Å². The Morgan fingerprint density at radius 1 is 1.11 bits per heavy atom. The number of nitrogens with one attached hydrogen (secondary N) is 1. The molecule has 0 aromatic heterocycles. The number of rotatable bonds is 8. The monoisotopic (exact) mass is 249 g/mol. The number of hydrogen-bond donors (Lipinski definition) is 2. The normalized spacial score (nSPS) is 12.9. The van der Waals surface area contributed by atoms with Gasteiger partial charge in [0.05, 0.1) is 6.10 Å². The fourth-order valence-corrected chi connectivity index (χ4v) is 1.97. The van der Waals surface area contributed by atoms with Gasteiger partial charge in [-0.25, -0.2) is 0 Å². The molecule has 1 aromatic rings. The van der Waals surface area contributed by atoms with Crippen LogP contribution in [0.15, 0.2) is 24.3 Å². The molecule has 2 heteroatoms. The number of aliphatic hydroxyl groups excluding tert-OH is 1. The first kappa shape index (κ1) is 15.2. The van der Waals surface area contributed by atoms with Gasteiger partial charge in [0.2, 0.25) is 0 Å². The van der Waals surface area contributed by atoms with Gasteiger partial charge in [0.15, 0.2) is 0 Å². The maximum Gasteiger partial charge on any atom is 0.0549 e. The fourth-order valence-electron chi connectivity index (χ4n) is 1.97. The van der Waals surface area contributed by atoms with E-state index in [1.54, 1.807) is 0 Å². The van der Waals surface area contributed by atoms with E-state index in [4.69, 9.17) is 0 Å². The third-order valence-corrected chi connectivity index (χ3v) is 3.12. The van der Waals surface area contributed by atoms with Crippen molar-refractivity contribution >= 4 is 0 Å². The average molecular weight is 249 g/mol. The summed E-state index contributed by atoms with van der Waals surface area (Å²) in [5.74, 6) is 0.713. The van der Waals surface area contributed by atoms with Gasteiger partial charge >= 0.3 is 0 Å². The van der Waals surface area contributed by atoms with Gasteiger partial charge in [0, 0.05) is 6.54 Å². The Morgan fingerprint density at radius 2 is 1.72 bits per heavy atom. The van der Waals surface area contributed by atoms with Crippen LogP contribution >= 0.6 is 0 Å². The van der Waals surface area contributed by atoms with Crippen LogP contribution in [0.25, 0.3) is 0 Å². The molecule has 1 rings (SSSR count). The first-order chi connectivity index (χ1) is 8.61. The molecule has 1 atom stereocenters. The van der Waals surface area contributed by atoms with Crippen molar-refractivity contribution in [3.05, 3.63) is 35.4 Å². The molecule has 0 heterocycles. The second-order valence-corrected chi connectivity index (χ2v) is 5.44. The van der Waals surface area contributed by atoms with Crippen LogP contribution < -0.4 is 5.32 Å². The van der Waals surface area contributed by atoms with Crippen molar-refractivity contribution in [3.8, 4) is 0 Å². The number of hydrogen-bond acceptors (Lipinski definition) is 2. The van der Waals surface area contributed by atoms with Crippen LogP contribution in [-0.2, 0) is 13.0 Å². The third kappa shape index (κ3) is 6.18. The van der Waals surface area contributed by atoms with Gasteiger partial charge in [-0.2, -0.15) is 0 Å². The molecule has 0 fully saturated rings. The minimum Gasteiger partial charge on any atom is -0.393 e. The predicted molar refractivity (Wildman–Crippen MR) is 77.6 cm³/mol. The number of benzene rings is 1. The lowest BCUT2D eigenvalue weighted by Crippen LogP contribution is -2.19. The lowest BCUT2D eigenvalue weighted by Gasteiger charge is -2.09. The van der Waals surface area contributed by atoms with Crippen LogP contribution in [0.5, 0.6) is 0 Å². The summed E-state index contributed by atoms with van der Waals surface area (Å²) in [7, 11) is 0. The molecule has 0 aliphatic rings. The van der Waals surface area contributed by atoms with E-state index < -0.39 is 0 Å². The summed E-state index contributed by atoms with van der Waals surface area (Å²) in [5, 5.41) is 12.8. The molecule has 0 saturated heterocycles. The third-order valence-electron chi connectivity index (χ3n) is 3.12. The van der Waals surface area contributed by atoms with Crippen molar-refractivity contribution in [3.63, 3.8) is 0 Å². The topological polar surface area (TPSA) is 32.3 Å². The summed E-state index contributed by atoms with van der Waals surface area (Å²) < 4.78 is 0. The van der Waals surface area contributed by atoms with E-state index in [2.05, 4.69) is 43.4 Å². The van der Waals surface area contributed by atoms with Gasteiger partial charge < -0.3 is 10.4 Å². The first-order valence-corrected chi connectivity index (χ1v) is 7.08. The lowest BCUT2D eigenvalue weighted by molar-refractivity contribution is 0.159. The van der Waals surface area contributed by atoms with Crippen molar-refractivity contribution in [1.29, 1.82) is 0 Å². The van der Waals surface area contributed by atoms with E-state index in [0.717, 1.165) is 32.4 Å². The van der Waals surface area contributed by atoms with Crippen LogP contribution in [0.4, 0.5) is 0 Å². The Kier molecular flexibility index (Phi) is 6.99. The zero-order chi connectivity index (χ0) is 13.4. The van der Waals surface area contributed by atoms with E-state index in [9.17, 15) is 5.11 Å². The van der Waals surface area contributed by atoms with Crippen molar-refractivity contribution in [2.45, 2.75) is 52.7 Å². The van der Waals surface area contributed by atoms with E-state index >= 15 is 0 Å². The first-order valence-electron chi connectivity index (χ1n) is 7.08. The smallest absolute Gasteiger partial charge is 0.0549 e. The lowest BCUT2D eigenvalue weighted by atomic mass is 10.0. The highest BCUT2D eigenvalue weighted by atomic mass is 16.3. The molecule has 0 amide bonds. The molecule has 1 unspecified atom stereocenters. The Balaban J connectivity index is 2.26. The Labute approximate surface area is 111 Å². The van der Waals surface area contributed by atoms with Crippen molar-refractivity contribution in [2.75, 3.05) is 6.54 Å². The molecular weight excluding hydrogens is 222 g/mol. The van der Waals surface area contributed by atoms with Crippen LogP contribution in [-0.4, -0.2) is 17.8 Å². The van der Waals surface area contributed by atoms with Gasteiger partial charge in [-0.3, -0.25) is 0 Å². The molecule has 0 bridgehead atoms. The standard InChI is InChI=1S/C16H27NO/c1-4-16(18)9-10-17-12-15-7-5-14(6-8-15)11-13(2)3/h5-8,13,16-18H,4,9-12H2,1-3H3. The van der Waals surface area contributed by atoms with E-state index in [1.165, 1.54) is 11.1 Å². The summed E-state index contributed by atoms with van der Waals surface area (Å²) in [6.45, 7) is 8.27. The zero-order valence-corrected chi connectivity index (χ0v) is 11.9. The van der Waals surface area contributed by atoms with Gasteiger partial charge in [-0.15, -0.1) is 0 Å². The van der Waals surface area contributed by atoms with Gasteiger partial charge in [-0.1, -0.05) is 45.0 Å². The molecule has 2 N–H and O–H groups in total. The molecule has 0 radical (unpaired) electrons. The maximum atomic E-state index is 9.44. The summed E-state index contributed by atoms with van der Waals surface area (Å²) in [5.41, 5.74) is 2.73. The highest BCUT2D eigenvalue weighted by Crippen LogP contribution is 2.09. The molecule has 102 valence electrons. The summed E-state index contributed by atoms with van der Waals surface area (Å²) in [4.78, 5) is 0. The van der Waals surface area contributed by atoms with Gasteiger partial charge in [0.1, 0.15) is 0 Å². The molecule has 18 heavy (non-hydrogen) atoms. The average Bonchev–Trinajstić information content (AvgIpc) is 2.35. The van der Waals surface area contributed by atoms with E-state index in [-0.39, 0.29) is 6.10 Å². The molecule has 0 aliphatic heterocycles. The van der Waals surface area contributed by atoms with Crippen LogP contribution in [0, 0.1) is 5.92 Å². The number of aliphatic hydroxyl groups is 1. The molecule has 0 aliphatic carbocycles. The van der Waals surface area contributed by atoms with Crippen molar-refractivity contribution in [1.82, 2.24) is 5.32 Å². The van der Waals surface area contributed by atoms with Crippen LogP contribution in [0.2, 0.25) is 0 Å².